The number of hydrogen-bond donors (Lipinski definition) is 1. The summed E-state index contributed by atoms with van der Waals surface area (Å²) in [5.41, 5.74) is 1.11. The minimum absolute atomic E-state index is 0.757. The Morgan fingerprint density at radius 1 is 1.67 bits per heavy atom. The van der Waals surface area contributed by atoms with Gasteiger partial charge in [0.2, 0.25) is 0 Å². The van der Waals surface area contributed by atoms with Crippen molar-refractivity contribution >= 4 is 24.0 Å². The Bertz CT molecular complexity index is 311. The van der Waals surface area contributed by atoms with Gasteiger partial charge < -0.3 is 0 Å². The van der Waals surface area contributed by atoms with Crippen LogP contribution >= 0.6 is 24.0 Å². The molecule has 0 radical (unpaired) electrons. The fourth-order valence-corrected chi connectivity index (χ4v) is 3.24. The molecule has 4 heteroatoms. The van der Waals surface area contributed by atoms with Gasteiger partial charge in [-0.2, -0.15) is 12.6 Å². The predicted molar refractivity (Wildman–Crippen MR) is 68.5 cm³/mol. The third-order valence-corrected chi connectivity index (χ3v) is 4.07. The largest absolute Gasteiger partial charge is 0.296 e. The van der Waals surface area contributed by atoms with E-state index >= 15 is 0 Å². The van der Waals surface area contributed by atoms with Gasteiger partial charge in [-0.3, -0.25) is 4.90 Å². The Hall–Kier alpha value is -0.0600. The van der Waals surface area contributed by atoms with Crippen molar-refractivity contribution < 1.29 is 0 Å². The second kappa shape index (κ2) is 5.32. The summed E-state index contributed by atoms with van der Waals surface area (Å²) in [5, 5.41) is 3.36. The average molecular weight is 242 g/mol. The lowest BCUT2D eigenvalue weighted by molar-refractivity contribution is 0.176. The van der Waals surface area contributed by atoms with Crippen LogP contribution in [0.15, 0.2) is 5.38 Å². The molecule has 1 aromatic heterocycles. The second-order valence-corrected chi connectivity index (χ2v) is 5.63. The average Bonchev–Trinajstić information content (AvgIpc) is 2.65. The van der Waals surface area contributed by atoms with E-state index in [0.717, 1.165) is 23.9 Å². The van der Waals surface area contributed by atoms with E-state index < -0.39 is 0 Å². The van der Waals surface area contributed by atoms with Crippen molar-refractivity contribution in [2.45, 2.75) is 32.1 Å². The molecule has 1 saturated heterocycles. The summed E-state index contributed by atoms with van der Waals surface area (Å²) in [4.78, 5) is 7.07. The summed E-state index contributed by atoms with van der Waals surface area (Å²) in [6.45, 7) is 5.84. The van der Waals surface area contributed by atoms with E-state index in [1.165, 1.54) is 30.9 Å². The van der Waals surface area contributed by atoms with E-state index in [-0.39, 0.29) is 0 Å². The van der Waals surface area contributed by atoms with Crippen molar-refractivity contribution in [1.29, 1.82) is 0 Å². The number of thiazole rings is 1. The van der Waals surface area contributed by atoms with E-state index in [1.54, 1.807) is 11.3 Å². The number of aromatic nitrogens is 1. The van der Waals surface area contributed by atoms with Gasteiger partial charge in [0.15, 0.2) is 0 Å². The predicted octanol–water partition coefficient (Wildman–Crippen LogP) is 2.80. The number of thiol groups is 1. The smallest absolute Gasteiger partial charge is 0.107 e. The van der Waals surface area contributed by atoms with E-state index in [2.05, 4.69) is 34.8 Å². The first-order valence-corrected chi connectivity index (χ1v) is 7.05. The highest BCUT2D eigenvalue weighted by Crippen LogP contribution is 2.19. The maximum absolute atomic E-state index is 4.55. The molecule has 1 unspecified atom stereocenters. The molecule has 1 aromatic rings. The molecule has 0 N–H and O–H groups in total. The lowest BCUT2D eigenvalue weighted by Crippen LogP contribution is -2.33. The minimum Gasteiger partial charge on any atom is -0.296 e. The van der Waals surface area contributed by atoms with Gasteiger partial charge >= 0.3 is 0 Å². The Morgan fingerprint density at radius 3 is 3.20 bits per heavy atom. The number of nitrogens with zero attached hydrogens (tertiary/aromatic N) is 2. The molecule has 2 nitrogen and oxygen atoms in total. The van der Waals surface area contributed by atoms with E-state index in [4.69, 9.17) is 0 Å². The highest BCUT2D eigenvalue weighted by molar-refractivity contribution is 7.79. The SMILES string of the molecule is CC1CCCN(Cc2nc(CS)cs2)C1. The van der Waals surface area contributed by atoms with Crippen LogP contribution in [0.5, 0.6) is 0 Å². The Labute approximate surface area is 101 Å². The van der Waals surface area contributed by atoms with Crippen LogP contribution in [0.4, 0.5) is 0 Å². The Kier molecular flexibility index (Phi) is 4.05. The zero-order valence-corrected chi connectivity index (χ0v) is 10.9. The molecule has 1 aliphatic heterocycles. The highest BCUT2D eigenvalue weighted by atomic mass is 32.1. The standard InChI is InChI=1S/C11H18N2S2/c1-9-3-2-4-13(5-9)6-11-12-10(7-14)8-15-11/h8-9,14H,2-7H2,1H3. The van der Waals surface area contributed by atoms with Crippen LogP contribution in [0, 0.1) is 5.92 Å². The van der Waals surface area contributed by atoms with Crippen molar-refractivity contribution in [2.24, 2.45) is 5.92 Å². The fourth-order valence-electron chi connectivity index (χ4n) is 2.12. The van der Waals surface area contributed by atoms with Crippen LogP contribution in [0.3, 0.4) is 0 Å². The highest BCUT2D eigenvalue weighted by Gasteiger charge is 2.17. The first-order chi connectivity index (χ1) is 7.28. The monoisotopic (exact) mass is 242 g/mol. The normalized spacial score (nSPS) is 23.2. The van der Waals surface area contributed by atoms with Crippen LogP contribution < -0.4 is 0 Å². The number of likely N-dealkylation sites (tertiary alicyclic amines) is 1. The van der Waals surface area contributed by atoms with Gasteiger partial charge in [-0.05, 0) is 25.3 Å². The van der Waals surface area contributed by atoms with Crippen molar-refractivity contribution in [3.63, 3.8) is 0 Å². The number of hydrogen-bond acceptors (Lipinski definition) is 4. The van der Waals surface area contributed by atoms with E-state index in [0.29, 0.717) is 0 Å². The Morgan fingerprint density at radius 2 is 2.53 bits per heavy atom. The molecule has 2 heterocycles. The molecule has 1 atom stereocenters. The molecule has 2 rings (SSSR count). The fraction of sp³-hybridized carbons (Fsp3) is 0.727. The number of rotatable bonds is 3. The molecule has 0 aliphatic carbocycles. The van der Waals surface area contributed by atoms with Crippen LogP contribution in [0.25, 0.3) is 0 Å². The van der Waals surface area contributed by atoms with Crippen molar-refractivity contribution in [3.8, 4) is 0 Å². The first kappa shape index (κ1) is 11.4. The summed E-state index contributed by atoms with van der Waals surface area (Å²) in [6.07, 6.45) is 2.72. The first-order valence-electron chi connectivity index (χ1n) is 5.54. The molecule has 84 valence electrons. The minimum atomic E-state index is 0.757. The zero-order chi connectivity index (χ0) is 10.7. The second-order valence-electron chi connectivity index (χ2n) is 4.37. The van der Waals surface area contributed by atoms with Crippen molar-refractivity contribution in [1.82, 2.24) is 9.88 Å². The van der Waals surface area contributed by atoms with Crippen LogP contribution in [-0.2, 0) is 12.3 Å². The zero-order valence-electron chi connectivity index (χ0n) is 9.15. The Balaban J connectivity index is 1.90. The maximum Gasteiger partial charge on any atom is 0.107 e. The van der Waals surface area contributed by atoms with E-state index in [1.807, 2.05) is 0 Å². The van der Waals surface area contributed by atoms with Gasteiger partial charge in [0, 0.05) is 17.7 Å². The lowest BCUT2D eigenvalue weighted by Gasteiger charge is -2.29. The third kappa shape index (κ3) is 3.20. The number of piperidine rings is 1. The summed E-state index contributed by atoms with van der Waals surface area (Å²) in [6, 6.07) is 0. The maximum atomic E-state index is 4.55. The van der Waals surface area contributed by atoms with Crippen LogP contribution in [0.2, 0.25) is 0 Å². The van der Waals surface area contributed by atoms with Gasteiger partial charge in [0.25, 0.3) is 0 Å². The van der Waals surface area contributed by atoms with Gasteiger partial charge in [-0.1, -0.05) is 6.92 Å². The van der Waals surface area contributed by atoms with E-state index in [9.17, 15) is 0 Å². The lowest BCUT2D eigenvalue weighted by atomic mass is 10.0. The molecule has 0 aromatic carbocycles. The van der Waals surface area contributed by atoms with Crippen molar-refractivity contribution in [3.05, 3.63) is 16.1 Å². The molecule has 0 bridgehead atoms. The van der Waals surface area contributed by atoms with Gasteiger partial charge in [0.05, 0.1) is 12.2 Å². The molecular formula is C11H18N2S2. The quantitative estimate of drug-likeness (QED) is 0.821. The summed E-state index contributed by atoms with van der Waals surface area (Å²) in [7, 11) is 0. The van der Waals surface area contributed by atoms with Gasteiger partial charge in [-0.25, -0.2) is 4.98 Å². The summed E-state index contributed by atoms with van der Waals surface area (Å²) in [5.74, 6) is 1.61. The van der Waals surface area contributed by atoms with Crippen LogP contribution in [0.1, 0.15) is 30.5 Å². The molecular weight excluding hydrogens is 224 g/mol. The summed E-state index contributed by atoms with van der Waals surface area (Å²) < 4.78 is 0. The molecule has 1 aliphatic rings. The van der Waals surface area contributed by atoms with Gasteiger partial charge in [0.1, 0.15) is 5.01 Å². The molecule has 15 heavy (non-hydrogen) atoms. The summed E-state index contributed by atoms with van der Waals surface area (Å²) >= 11 is 6.00. The van der Waals surface area contributed by atoms with Crippen LogP contribution in [-0.4, -0.2) is 23.0 Å². The topological polar surface area (TPSA) is 16.1 Å². The third-order valence-electron chi connectivity index (χ3n) is 2.86. The molecule has 0 saturated carbocycles. The molecule has 0 amide bonds. The van der Waals surface area contributed by atoms with Gasteiger partial charge in [-0.15, -0.1) is 11.3 Å². The molecule has 0 spiro atoms. The van der Waals surface area contributed by atoms with Crippen molar-refractivity contribution in [2.75, 3.05) is 13.1 Å². The molecule has 1 fully saturated rings.